The Bertz CT molecular complexity index is 883. The topological polar surface area (TPSA) is 86.7 Å². The van der Waals surface area contributed by atoms with Crippen LogP contribution in [0.1, 0.15) is 23.3 Å². The average molecular weight is 319 g/mol. The van der Waals surface area contributed by atoms with Crippen molar-refractivity contribution in [1.29, 1.82) is 0 Å². The van der Waals surface area contributed by atoms with E-state index in [0.717, 1.165) is 17.7 Å². The summed E-state index contributed by atoms with van der Waals surface area (Å²) >= 11 is 0. The highest BCUT2D eigenvalue weighted by Crippen LogP contribution is 2.35. The highest BCUT2D eigenvalue weighted by molar-refractivity contribution is 6.01. The number of rotatable bonds is 5. The number of aromatic nitrogens is 4. The molecule has 1 aliphatic rings. The van der Waals surface area contributed by atoms with Crippen molar-refractivity contribution < 1.29 is 4.79 Å². The van der Waals surface area contributed by atoms with Gasteiger partial charge in [-0.1, -0.05) is 30.3 Å². The van der Waals surface area contributed by atoms with E-state index in [1.165, 1.54) is 12.8 Å². The summed E-state index contributed by atoms with van der Waals surface area (Å²) in [6.07, 6.45) is 5.76. The molecule has 0 unspecified atom stereocenters. The minimum absolute atomic E-state index is 0.224. The maximum atomic E-state index is 11.9. The van der Waals surface area contributed by atoms with Crippen LogP contribution in [0.5, 0.6) is 0 Å². The van der Waals surface area contributed by atoms with Gasteiger partial charge in [-0.15, -0.1) is 10.2 Å². The van der Waals surface area contributed by atoms with Crippen LogP contribution in [0.15, 0.2) is 48.9 Å². The molecule has 0 radical (unpaired) electrons. The first-order valence-electron chi connectivity index (χ1n) is 7.96. The number of hydrogen-bond acceptors (Lipinski definition) is 4. The summed E-state index contributed by atoms with van der Waals surface area (Å²) in [5.74, 6) is 0.736. The van der Waals surface area contributed by atoms with Crippen molar-refractivity contribution in [2.75, 3.05) is 0 Å². The summed E-state index contributed by atoms with van der Waals surface area (Å²) in [6, 6.07) is 11.7. The molecule has 1 amide bonds. The molecule has 0 bridgehead atoms. The van der Waals surface area contributed by atoms with Gasteiger partial charge < -0.3 is 10.3 Å². The van der Waals surface area contributed by atoms with Crippen molar-refractivity contribution >= 4 is 5.91 Å². The lowest BCUT2D eigenvalue weighted by Gasteiger charge is -2.13. The van der Waals surface area contributed by atoms with Crippen LogP contribution in [0.4, 0.5) is 0 Å². The Morgan fingerprint density at radius 1 is 1.21 bits per heavy atom. The molecule has 0 saturated heterocycles. The quantitative estimate of drug-likeness (QED) is 0.783. The van der Waals surface area contributed by atoms with Crippen LogP contribution >= 0.6 is 0 Å². The summed E-state index contributed by atoms with van der Waals surface area (Å²) in [7, 11) is 0. The number of carbonyl (C=O) groups excluding carboxylic acids is 1. The molecule has 1 fully saturated rings. The smallest absolute Gasteiger partial charge is 0.268 e. The van der Waals surface area contributed by atoms with Crippen molar-refractivity contribution in [3.63, 3.8) is 0 Å². The van der Waals surface area contributed by atoms with Crippen LogP contribution < -0.4 is 5.73 Å². The molecule has 6 nitrogen and oxygen atoms in total. The first kappa shape index (κ1) is 14.6. The van der Waals surface area contributed by atoms with Crippen molar-refractivity contribution in [1.82, 2.24) is 19.7 Å². The fourth-order valence-electron chi connectivity index (χ4n) is 2.89. The van der Waals surface area contributed by atoms with Gasteiger partial charge in [-0.05, 0) is 36.0 Å². The fraction of sp³-hybridized carbons (Fsp3) is 0.222. The zero-order chi connectivity index (χ0) is 16.5. The van der Waals surface area contributed by atoms with E-state index >= 15 is 0 Å². The standard InChI is InChI=1S/C18H17N5O/c19-17(24)16-15(18-22-21-11-23(18)10-12-6-7-12)14(8-9-20-16)13-4-2-1-3-5-13/h1-5,8-9,11-12H,6-7,10H2,(H2,19,24). The molecule has 2 aromatic heterocycles. The number of pyridine rings is 1. The van der Waals surface area contributed by atoms with E-state index in [1.807, 2.05) is 41.0 Å². The Kier molecular flexibility index (Phi) is 3.57. The van der Waals surface area contributed by atoms with Crippen LogP contribution in [0.25, 0.3) is 22.5 Å². The van der Waals surface area contributed by atoms with Crippen LogP contribution in [0, 0.1) is 5.92 Å². The van der Waals surface area contributed by atoms with Crippen molar-refractivity contribution in [3.8, 4) is 22.5 Å². The lowest BCUT2D eigenvalue weighted by Crippen LogP contribution is -2.16. The van der Waals surface area contributed by atoms with Gasteiger partial charge in [0.2, 0.25) is 0 Å². The fourth-order valence-corrected chi connectivity index (χ4v) is 2.89. The lowest BCUT2D eigenvalue weighted by molar-refractivity contribution is 0.0996. The molecule has 1 aromatic carbocycles. The largest absolute Gasteiger partial charge is 0.364 e. The molecule has 0 spiro atoms. The normalized spacial score (nSPS) is 13.8. The molecule has 2 N–H and O–H groups in total. The Morgan fingerprint density at radius 2 is 2.00 bits per heavy atom. The summed E-state index contributed by atoms with van der Waals surface area (Å²) in [4.78, 5) is 16.1. The second-order valence-electron chi connectivity index (χ2n) is 6.06. The van der Waals surface area contributed by atoms with Crippen molar-refractivity contribution in [2.24, 2.45) is 11.7 Å². The molecule has 120 valence electrons. The minimum atomic E-state index is -0.566. The van der Waals surface area contributed by atoms with Crippen molar-refractivity contribution in [3.05, 3.63) is 54.6 Å². The van der Waals surface area contributed by atoms with Gasteiger partial charge in [0, 0.05) is 12.7 Å². The number of nitrogens with zero attached hydrogens (tertiary/aromatic N) is 4. The molecule has 1 saturated carbocycles. The number of amides is 1. The number of nitrogens with two attached hydrogens (primary N) is 1. The van der Waals surface area contributed by atoms with Gasteiger partial charge in [0.15, 0.2) is 5.82 Å². The predicted molar refractivity (Wildman–Crippen MR) is 89.9 cm³/mol. The number of benzene rings is 1. The molecular formula is C18H17N5O. The number of hydrogen-bond donors (Lipinski definition) is 1. The van der Waals surface area contributed by atoms with Crippen LogP contribution in [0.3, 0.4) is 0 Å². The van der Waals surface area contributed by atoms with E-state index < -0.39 is 5.91 Å². The average Bonchev–Trinajstić information content (AvgIpc) is 3.31. The Balaban J connectivity index is 1.92. The predicted octanol–water partition coefficient (Wildman–Crippen LogP) is 2.52. The first-order chi connectivity index (χ1) is 11.7. The van der Waals surface area contributed by atoms with Gasteiger partial charge >= 0.3 is 0 Å². The summed E-state index contributed by atoms with van der Waals surface area (Å²) in [5, 5.41) is 8.31. The molecule has 0 aliphatic heterocycles. The second-order valence-corrected chi connectivity index (χ2v) is 6.06. The van der Waals surface area contributed by atoms with Crippen LogP contribution in [0.2, 0.25) is 0 Å². The third-order valence-electron chi connectivity index (χ3n) is 4.26. The molecular weight excluding hydrogens is 302 g/mol. The van der Waals surface area contributed by atoms with Gasteiger partial charge in [-0.3, -0.25) is 9.78 Å². The van der Waals surface area contributed by atoms with Gasteiger partial charge in [-0.25, -0.2) is 0 Å². The van der Waals surface area contributed by atoms with E-state index in [9.17, 15) is 4.79 Å². The Morgan fingerprint density at radius 3 is 2.71 bits per heavy atom. The third-order valence-corrected chi connectivity index (χ3v) is 4.26. The van der Waals surface area contributed by atoms with E-state index in [1.54, 1.807) is 12.5 Å². The van der Waals surface area contributed by atoms with Gasteiger partial charge in [0.25, 0.3) is 5.91 Å². The maximum Gasteiger partial charge on any atom is 0.268 e. The first-order valence-corrected chi connectivity index (χ1v) is 7.96. The molecule has 3 aromatic rings. The van der Waals surface area contributed by atoms with E-state index in [2.05, 4.69) is 15.2 Å². The third kappa shape index (κ3) is 2.67. The zero-order valence-electron chi connectivity index (χ0n) is 13.1. The number of carbonyl (C=O) groups is 1. The van der Waals surface area contributed by atoms with E-state index in [0.29, 0.717) is 17.3 Å². The number of primary amides is 1. The maximum absolute atomic E-state index is 11.9. The lowest BCUT2D eigenvalue weighted by atomic mass is 9.98. The van der Waals surface area contributed by atoms with Gasteiger partial charge in [0.1, 0.15) is 12.0 Å². The SMILES string of the molecule is NC(=O)c1nccc(-c2ccccc2)c1-c1nncn1CC1CC1. The Hall–Kier alpha value is -3.02. The molecule has 4 rings (SSSR count). The van der Waals surface area contributed by atoms with Crippen molar-refractivity contribution in [2.45, 2.75) is 19.4 Å². The summed E-state index contributed by atoms with van der Waals surface area (Å²) in [5.41, 5.74) is 8.31. The van der Waals surface area contributed by atoms with E-state index in [4.69, 9.17) is 5.73 Å². The van der Waals surface area contributed by atoms with Gasteiger partial charge in [-0.2, -0.15) is 0 Å². The highest BCUT2D eigenvalue weighted by Gasteiger charge is 2.26. The Labute approximate surface area is 139 Å². The monoisotopic (exact) mass is 319 g/mol. The molecule has 6 heteroatoms. The summed E-state index contributed by atoms with van der Waals surface area (Å²) in [6.45, 7) is 0.851. The summed E-state index contributed by atoms with van der Waals surface area (Å²) < 4.78 is 1.99. The zero-order valence-corrected chi connectivity index (χ0v) is 13.1. The molecule has 1 aliphatic carbocycles. The minimum Gasteiger partial charge on any atom is -0.364 e. The van der Waals surface area contributed by atoms with Gasteiger partial charge in [0.05, 0.1) is 5.56 Å². The highest BCUT2D eigenvalue weighted by atomic mass is 16.1. The molecule has 0 atom stereocenters. The molecule has 24 heavy (non-hydrogen) atoms. The van der Waals surface area contributed by atoms with E-state index in [-0.39, 0.29) is 5.69 Å². The van der Waals surface area contributed by atoms with Crippen LogP contribution in [-0.2, 0) is 6.54 Å². The second kappa shape index (κ2) is 5.88. The molecule has 2 heterocycles. The van der Waals surface area contributed by atoms with Crippen LogP contribution in [-0.4, -0.2) is 25.7 Å².